The molecule has 20 heavy (non-hydrogen) atoms. The van der Waals surface area contributed by atoms with E-state index < -0.39 is 0 Å². The highest BCUT2D eigenvalue weighted by molar-refractivity contribution is 14.1. The minimum absolute atomic E-state index is 0.245. The highest BCUT2D eigenvalue weighted by Crippen LogP contribution is 2.35. The van der Waals surface area contributed by atoms with E-state index in [1.165, 1.54) is 48.5 Å². The molecule has 3 rings (SSSR count). The Bertz CT molecular complexity index is 464. The number of nitrogens with zero attached hydrogens (tertiary/aromatic N) is 1. The fourth-order valence-corrected chi connectivity index (χ4v) is 4.17. The van der Waals surface area contributed by atoms with Crippen LogP contribution in [0.4, 0.5) is 0 Å². The zero-order chi connectivity index (χ0) is 13.9. The van der Waals surface area contributed by atoms with Crippen LogP contribution in [0.2, 0.25) is 0 Å². The van der Waals surface area contributed by atoms with Gasteiger partial charge in [0.05, 0.1) is 0 Å². The number of carbonyl (C=O) groups is 1. The van der Waals surface area contributed by atoms with Crippen LogP contribution in [-0.2, 0) is 0 Å². The standard InChI is InChI=1S/C17H22INO/c18-15-10-8-14(9-11-15)17(20)19-12-4-7-16(19)13-5-2-1-3-6-13/h8-11,13,16H,1-7,12H2. The van der Waals surface area contributed by atoms with Gasteiger partial charge in [-0.2, -0.15) is 0 Å². The van der Waals surface area contributed by atoms with Crippen molar-refractivity contribution in [3.05, 3.63) is 33.4 Å². The molecule has 1 amide bonds. The molecular formula is C17H22INO. The zero-order valence-corrected chi connectivity index (χ0v) is 14.0. The number of hydrogen-bond donors (Lipinski definition) is 0. The molecule has 1 unspecified atom stereocenters. The fourth-order valence-electron chi connectivity index (χ4n) is 3.81. The number of amides is 1. The summed E-state index contributed by atoms with van der Waals surface area (Å²) in [5.41, 5.74) is 0.855. The monoisotopic (exact) mass is 383 g/mol. The summed E-state index contributed by atoms with van der Waals surface area (Å²) in [4.78, 5) is 14.9. The summed E-state index contributed by atoms with van der Waals surface area (Å²) in [7, 11) is 0. The SMILES string of the molecule is O=C(c1ccc(I)cc1)N1CCCC1C1CCCCC1. The van der Waals surface area contributed by atoms with Gasteiger partial charge in [-0.15, -0.1) is 0 Å². The van der Waals surface area contributed by atoms with Gasteiger partial charge in [0.15, 0.2) is 0 Å². The van der Waals surface area contributed by atoms with E-state index in [0.29, 0.717) is 6.04 Å². The number of benzene rings is 1. The fraction of sp³-hybridized carbons (Fsp3) is 0.588. The molecule has 1 heterocycles. The molecule has 1 aromatic carbocycles. The average Bonchev–Trinajstić information content (AvgIpc) is 2.97. The summed E-state index contributed by atoms with van der Waals surface area (Å²) in [5, 5.41) is 0. The van der Waals surface area contributed by atoms with Crippen LogP contribution in [0.1, 0.15) is 55.3 Å². The maximum Gasteiger partial charge on any atom is 0.254 e. The molecule has 1 aromatic rings. The molecule has 0 aromatic heterocycles. The smallest absolute Gasteiger partial charge is 0.254 e. The van der Waals surface area contributed by atoms with E-state index in [4.69, 9.17) is 0 Å². The molecular weight excluding hydrogens is 361 g/mol. The van der Waals surface area contributed by atoms with Crippen molar-refractivity contribution in [2.24, 2.45) is 5.92 Å². The molecule has 1 atom stereocenters. The molecule has 2 fully saturated rings. The van der Waals surface area contributed by atoms with Crippen molar-refractivity contribution in [1.29, 1.82) is 0 Å². The minimum Gasteiger partial charge on any atom is -0.335 e. The van der Waals surface area contributed by atoms with E-state index in [-0.39, 0.29) is 5.91 Å². The molecule has 1 saturated heterocycles. The second kappa shape index (κ2) is 6.46. The summed E-state index contributed by atoms with van der Waals surface area (Å²) < 4.78 is 1.18. The van der Waals surface area contributed by atoms with Gasteiger partial charge in [-0.05, 0) is 78.5 Å². The van der Waals surface area contributed by atoms with Crippen molar-refractivity contribution in [1.82, 2.24) is 4.90 Å². The molecule has 0 spiro atoms. The highest BCUT2D eigenvalue weighted by Gasteiger charge is 2.35. The van der Waals surface area contributed by atoms with Gasteiger partial charge in [-0.25, -0.2) is 0 Å². The second-order valence-electron chi connectivity index (χ2n) is 6.11. The molecule has 2 aliphatic rings. The number of likely N-dealkylation sites (tertiary alicyclic amines) is 1. The van der Waals surface area contributed by atoms with Crippen LogP contribution >= 0.6 is 22.6 Å². The lowest BCUT2D eigenvalue weighted by molar-refractivity contribution is 0.0661. The van der Waals surface area contributed by atoms with Crippen molar-refractivity contribution >= 4 is 28.5 Å². The Kier molecular flexibility index (Phi) is 4.64. The van der Waals surface area contributed by atoms with E-state index >= 15 is 0 Å². The first kappa shape index (κ1) is 14.4. The maximum atomic E-state index is 12.7. The van der Waals surface area contributed by atoms with Crippen molar-refractivity contribution in [3.8, 4) is 0 Å². The van der Waals surface area contributed by atoms with E-state index in [1.54, 1.807) is 0 Å². The highest BCUT2D eigenvalue weighted by atomic mass is 127. The Hall–Kier alpha value is -0.580. The van der Waals surface area contributed by atoms with Crippen LogP contribution in [0.3, 0.4) is 0 Å². The Morgan fingerprint density at radius 2 is 1.70 bits per heavy atom. The van der Waals surface area contributed by atoms with Crippen molar-refractivity contribution in [3.63, 3.8) is 0 Å². The lowest BCUT2D eigenvalue weighted by Crippen LogP contribution is -2.40. The molecule has 2 nitrogen and oxygen atoms in total. The van der Waals surface area contributed by atoms with E-state index in [1.807, 2.05) is 24.3 Å². The topological polar surface area (TPSA) is 20.3 Å². The Morgan fingerprint density at radius 3 is 2.40 bits per heavy atom. The Labute approximate surface area is 135 Å². The molecule has 0 N–H and O–H groups in total. The number of halogens is 1. The van der Waals surface area contributed by atoms with Gasteiger partial charge in [-0.3, -0.25) is 4.79 Å². The number of carbonyl (C=O) groups excluding carboxylic acids is 1. The molecule has 0 bridgehead atoms. The number of rotatable bonds is 2. The number of hydrogen-bond acceptors (Lipinski definition) is 1. The van der Waals surface area contributed by atoms with Gasteiger partial charge in [0.1, 0.15) is 0 Å². The van der Waals surface area contributed by atoms with Crippen molar-refractivity contribution in [2.45, 2.75) is 51.0 Å². The average molecular weight is 383 g/mol. The quantitative estimate of drug-likeness (QED) is 0.690. The van der Waals surface area contributed by atoms with Gasteiger partial charge in [-0.1, -0.05) is 19.3 Å². The summed E-state index contributed by atoms with van der Waals surface area (Å²) >= 11 is 2.28. The first-order chi connectivity index (χ1) is 9.75. The van der Waals surface area contributed by atoms with Crippen LogP contribution in [0.25, 0.3) is 0 Å². The van der Waals surface area contributed by atoms with Gasteiger partial charge >= 0.3 is 0 Å². The van der Waals surface area contributed by atoms with Gasteiger partial charge in [0.25, 0.3) is 5.91 Å². The van der Waals surface area contributed by atoms with Gasteiger partial charge in [0.2, 0.25) is 0 Å². The van der Waals surface area contributed by atoms with Crippen molar-refractivity contribution < 1.29 is 4.79 Å². The zero-order valence-electron chi connectivity index (χ0n) is 11.9. The third-order valence-electron chi connectivity index (χ3n) is 4.85. The maximum absolute atomic E-state index is 12.7. The Balaban J connectivity index is 1.74. The predicted octanol–water partition coefficient (Wildman–Crippen LogP) is 4.48. The lowest BCUT2D eigenvalue weighted by Gasteiger charge is -2.34. The molecule has 0 radical (unpaired) electrons. The Morgan fingerprint density at radius 1 is 1.00 bits per heavy atom. The van der Waals surface area contributed by atoms with E-state index in [0.717, 1.165) is 18.0 Å². The van der Waals surface area contributed by atoms with Crippen LogP contribution < -0.4 is 0 Å². The van der Waals surface area contributed by atoms with E-state index in [2.05, 4.69) is 27.5 Å². The largest absolute Gasteiger partial charge is 0.335 e. The molecule has 3 heteroatoms. The predicted molar refractivity (Wildman–Crippen MR) is 89.8 cm³/mol. The third kappa shape index (κ3) is 3.02. The minimum atomic E-state index is 0.245. The summed E-state index contributed by atoms with van der Waals surface area (Å²) in [6, 6.07) is 8.50. The van der Waals surface area contributed by atoms with Gasteiger partial charge < -0.3 is 4.90 Å². The van der Waals surface area contributed by atoms with Crippen LogP contribution in [0.5, 0.6) is 0 Å². The first-order valence-corrected chi connectivity index (χ1v) is 8.90. The second-order valence-corrected chi connectivity index (χ2v) is 7.36. The summed E-state index contributed by atoms with van der Waals surface area (Å²) in [6.07, 6.45) is 9.12. The van der Waals surface area contributed by atoms with E-state index in [9.17, 15) is 4.79 Å². The van der Waals surface area contributed by atoms with Crippen LogP contribution in [0, 0.1) is 9.49 Å². The molecule has 108 valence electrons. The molecule has 1 aliphatic heterocycles. The lowest BCUT2D eigenvalue weighted by atomic mass is 9.83. The summed E-state index contributed by atoms with van der Waals surface area (Å²) in [6.45, 7) is 0.950. The summed E-state index contributed by atoms with van der Waals surface area (Å²) in [5.74, 6) is 0.994. The third-order valence-corrected chi connectivity index (χ3v) is 5.56. The van der Waals surface area contributed by atoms with Crippen LogP contribution in [0.15, 0.2) is 24.3 Å². The van der Waals surface area contributed by atoms with Crippen LogP contribution in [-0.4, -0.2) is 23.4 Å². The van der Waals surface area contributed by atoms with Crippen molar-refractivity contribution in [2.75, 3.05) is 6.54 Å². The molecule has 1 aliphatic carbocycles. The normalized spacial score (nSPS) is 24.1. The van der Waals surface area contributed by atoms with Gasteiger partial charge in [0, 0.05) is 21.7 Å². The first-order valence-electron chi connectivity index (χ1n) is 7.82. The molecule has 1 saturated carbocycles.